The van der Waals surface area contributed by atoms with Crippen LogP contribution >= 0.6 is 0 Å². The molecule has 0 spiro atoms. The first-order valence-corrected chi connectivity index (χ1v) is 9.92. The Morgan fingerprint density at radius 3 is 2.42 bits per heavy atom. The molecule has 1 aliphatic carbocycles. The molecule has 3 aromatic rings. The fourth-order valence-corrected chi connectivity index (χ4v) is 3.62. The molecule has 0 radical (unpaired) electrons. The van der Waals surface area contributed by atoms with Crippen LogP contribution in [0.15, 0.2) is 53.8 Å². The molecule has 0 saturated heterocycles. The number of aryl methyl sites for hydroxylation is 1. The lowest BCUT2D eigenvalue weighted by Crippen LogP contribution is -2.22. The van der Waals surface area contributed by atoms with E-state index < -0.39 is 6.61 Å². The van der Waals surface area contributed by atoms with Gasteiger partial charge in [0.15, 0.2) is 0 Å². The van der Waals surface area contributed by atoms with E-state index in [1.165, 1.54) is 12.4 Å². The van der Waals surface area contributed by atoms with Crippen molar-refractivity contribution in [3.63, 3.8) is 0 Å². The fourth-order valence-electron chi connectivity index (χ4n) is 3.62. The summed E-state index contributed by atoms with van der Waals surface area (Å²) >= 11 is 0. The Balaban J connectivity index is 1.32. The topological polar surface area (TPSA) is 94.0 Å². The number of alkyl halides is 2. The highest BCUT2D eigenvalue weighted by Gasteiger charge is 2.25. The van der Waals surface area contributed by atoms with Gasteiger partial charge in [-0.3, -0.25) is 9.36 Å². The monoisotopic (exact) mass is 428 g/mol. The summed E-state index contributed by atoms with van der Waals surface area (Å²) in [7, 11) is 0. The third kappa shape index (κ3) is 5.14. The van der Waals surface area contributed by atoms with Gasteiger partial charge in [0.05, 0.1) is 24.3 Å². The molecular formula is C21H22F2N6O2. The largest absolute Gasteiger partial charge is 0.415 e. The van der Waals surface area contributed by atoms with Crippen molar-refractivity contribution in [2.45, 2.75) is 44.9 Å². The maximum absolute atomic E-state index is 12.2. The van der Waals surface area contributed by atoms with Crippen LogP contribution < -0.4 is 20.9 Å². The van der Waals surface area contributed by atoms with Crippen LogP contribution in [0.1, 0.15) is 24.8 Å². The van der Waals surface area contributed by atoms with Gasteiger partial charge in [0.1, 0.15) is 11.6 Å². The van der Waals surface area contributed by atoms with Crippen LogP contribution in [0.3, 0.4) is 0 Å². The molecule has 2 atom stereocenters. The van der Waals surface area contributed by atoms with Crippen molar-refractivity contribution >= 4 is 11.6 Å². The molecule has 0 bridgehead atoms. The van der Waals surface area contributed by atoms with Crippen LogP contribution in [-0.4, -0.2) is 38.2 Å². The predicted molar refractivity (Wildman–Crippen MR) is 112 cm³/mol. The van der Waals surface area contributed by atoms with Gasteiger partial charge in [0.25, 0.3) is 5.56 Å². The van der Waals surface area contributed by atoms with Crippen LogP contribution in [-0.2, 0) is 0 Å². The highest BCUT2D eigenvalue weighted by molar-refractivity contribution is 5.42. The number of anilines is 2. The third-order valence-electron chi connectivity index (χ3n) is 5.14. The van der Waals surface area contributed by atoms with E-state index >= 15 is 0 Å². The summed E-state index contributed by atoms with van der Waals surface area (Å²) in [6.45, 7) is -1.14. The molecule has 1 fully saturated rings. The molecule has 3 heterocycles. The number of pyridine rings is 2. The molecule has 10 heteroatoms. The quantitative estimate of drug-likeness (QED) is 0.596. The molecule has 31 heavy (non-hydrogen) atoms. The summed E-state index contributed by atoms with van der Waals surface area (Å²) < 4.78 is 30.1. The number of halogens is 2. The van der Waals surface area contributed by atoms with Crippen LogP contribution in [0.4, 0.5) is 20.4 Å². The third-order valence-corrected chi connectivity index (χ3v) is 5.14. The molecule has 8 nitrogen and oxygen atoms in total. The summed E-state index contributed by atoms with van der Waals surface area (Å²) in [6, 6.07) is 7.74. The molecule has 1 saturated carbocycles. The minimum atomic E-state index is -2.92. The molecule has 3 aromatic heterocycles. The van der Waals surface area contributed by atoms with Crippen molar-refractivity contribution in [1.82, 2.24) is 19.5 Å². The maximum Gasteiger partial charge on any atom is 0.388 e. The molecule has 0 amide bonds. The van der Waals surface area contributed by atoms with Gasteiger partial charge in [-0.1, -0.05) is 6.07 Å². The first kappa shape index (κ1) is 20.7. The van der Waals surface area contributed by atoms with Gasteiger partial charge in [0.2, 0.25) is 5.88 Å². The van der Waals surface area contributed by atoms with Crippen molar-refractivity contribution in [3.8, 4) is 11.6 Å². The van der Waals surface area contributed by atoms with Crippen molar-refractivity contribution in [1.29, 1.82) is 0 Å². The number of hydrogen-bond acceptors (Lipinski definition) is 7. The van der Waals surface area contributed by atoms with E-state index in [0.29, 0.717) is 17.1 Å². The predicted octanol–water partition coefficient (Wildman–Crippen LogP) is 3.38. The fraction of sp³-hybridized carbons (Fsp3) is 0.333. The second-order valence-corrected chi connectivity index (χ2v) is 7.38. The van der Waals surface area contributed by atoms with E-state index in [0.717, 1.165) is 25.1 Å². The molecule has 0 aliphatic heterocycles. The summed E-state index contributed by atoms with van der Waals surface area (Å²) in [6.07, 6.45) is 8.66. The average Bonchev–Trinajstić information content (AvgIpc) is 3.18. The van der Waals surface area contributed by atoms with Gasteiger partial charge in [-0.05, 0) is 44.4 Å². The second-order valence-electron chi connectivity index (χ2n) is 7.38. The lowest BCUT2D eigenvalue weighted by atomic mass is 10.2. The van der Waals surface area contributed by atoms with Gasteiger partial charge in [-0.25, -0.2) is 15.0 Å². The maximum atomic E-state index is 12.2. The normalized spacial score (nSPS) is 18.2. The second kappa shape index (κ2) is 9.07. The highest BCUT2D eigenvalue weighted by atomic mass is 19.3. The van der Waals surface area contributed by atoms with E-state index in [9.17, 15) is 13.6 Å². The van der Waals surface area contributed by atoms with Crippen molar-refractivity contribution in [3.05, 3.63) is 65.0 Å². The number of rotatable bonds is 7. The molecule has 1 aliphatic rings. The molecular weight excluding hydrogens is 406 g/mol. The Bertz CT molecular complexity index is 1070. The van der Waals surface area contributed by atoms with Crippen LogP contribution in [0, 0.1) is 6.92 Å². The zero-order valence-corrected chi connectivity index (χ0v) is 16.8. The van der Waals surface area contributed by atoms with Gasteiger partial charge < -0.3 is 15.4 Å². The number of aromatic nitrogens is 4. The highest BCUT2D eigenvalue weighted by Crippen LogP contribution is 2.25. The van der Waals surface area contributed by atoms with E-state index in [1.54, 1.807) is 30.0 Å². The number of hydrogen-bond donors (Lipinski definition) is 2. The average molecular weight is 428 g/mol. The van der Waals surface area contributed by atoms with Crippen LogP contribution in [0.2, 0.25) is 0 Å². The van der Waals surface area contributed by atoms with Gasteiger partial charge in [-0.2, -0.15) is 8.78 Å². The first-order valence-electron chi connectivity index (χ1n) is 9.92. The summed E-state index contributed by atoms with van der Waals surface area (Å²) in [5.41, 5.74) is 1.32. The number of nitrogens with one attached hydrogen (secondary N) is 2. The van der Waals surface area contributed by atoms with E-state index in [-0.39, 0.29) is 23.5 Å². The molecule has 2 N–H and O–H groups in total. The minimum Gasteiger partial charge on any atom is -0.415 e. The lowest BCUT2D eigenvalue weighted by molar-refractivity contribution is -0.0530. The van der Waals surface area contributed by atoms with Crippen LogP contribution in [0.25, 0.3) is 5.69 Å². The Labute approximate surface area is 177 Å². The Hall–Kier alpha value is -3.56. The minimum absolute atomic E-state index is 0.0633. The van der Waals surface area contributed by atoms with Gasteiger partial charge >= 0.3 is 6.61 Å². The van der Waals surface area contributed by atoms with Crippen LogP contribution in [0.5, 0.6) is 5.88 Å². The summed E-state index contributed by atoms with van der Waals surface area (Å²) in [5.74, 6) is 1.04. The SMILES string of the molecule is Cc1cccn(-c2ccc(N[C@H]3CC[C@H](Nc4cnc(OC(F)F)cn4)C3)nc2)c1=O. The van der Waals surface area contributed by atoms with E-state index in [2.05, 4.69) is 30.3 Å². The standard InChI is InChI=1S/C21H22F2N6O2/c1-13-3-2-8-29(20(13)30)16-6-7-17(24-10-16)27-14-4-5-15(9-14)28-18-11-26-19(12-25-18)31-21(22)23/h2-3,6-8,10-12,14-15,21H,4-5,9H2,1H3,(H,24,27)(H,25,28)/t14-,15-/m0/s1. The van der Waals surface area contributed by atoms with E-state index in [1.807, 2.05) is 18.2 Å². The van der Waals surface area contributed by atoms with Crippen molar-refractivity contribution in [2.24, 2.45) is 0 Å². The lowest BCUT2D eigenvalue weighted by Gasteiger charge is -2.16. The summed E-state index contributed by atoms with van der Waals surface area (Å²) in [5, 5.41) is 6.68. The van der Waals surface area contributed by atoms with Gasteiger partial charge in [-0.15, -0.1) is 0 Å². The Morgan fingerprint density at radius 1 is 1.03 bits per heavy atom. The molecule has 0 aromatic carbocycles. The molecule has 0 unspecified atom stereocenters. The smallest absolute Gasteiger partial charge is 0.388 e. The number of nitrogens with zero attached hydrogens (tertiary/aromatic N) is 4. The Morgan fingerprint density at radius 2 is 1.77 bits per heavy atom. The van der Waals surface area contributed by atoms with E-state index in [4.69, 9.17) is 0 Å². The van der Waals surface area contributed by atoms with Crippen molar-refractivity contribution in [2.75, 3.05) is 10.6 Å². The first-order chi connectivity index (χ1) is 15.0. The summed E-state index contributed by atoms with van der Waals surface area (Å²) in [4.78, 5) is 24.6. The molecule has 4 rings (SSSR count). The zero-order valence-electron chi connectivity index (χ0n) is 16.8. The number of ether oxygens (including phenoxy) is 1. The Kier molecular flexibility index (Phi) is 6.06. The molecule has 162 valence electrons. The zero-order chi connectivity index (χ0) is 21.8. The van der Waals surface area contributed by atoms with Crippen molar-refractivity contribution < 1.29 is 13.5 Å². The van der Waals surface area contributed by atoms with Gasteiger partial charge in [0, 0.05) is 23.8 Å².